The number of para-hydroxylation sites is 2. The van der Waals surface area contributed by atoms with E-state index in [1.54, 1.807) is 43.3 Å². The van der Waals surface area contributed by atoms with Crippen LogP contribution in [0.4, 0.5) is 10.1 Å². The van der Waals surface area contributed by atoms with Crippen LogP contribution in [0.2, 0.25) is 0 Å². The van der Waals surface area contributed by atoms with Crippen LogP contribution in [-0.4, -0.2) is 18.4 Å². The smallest absolute Gasteiger partial charge is 0.291 e. The van der Waals surface area contributed by atoms with Crippen LogP contribution in [0, 0.1) is 12.7 Å². The highest BCUT2D eigenvalue weighted by molar-refractivity contribution is 6.10. The normalized spacial score (nSPS) is 10.7. The van der Waals surface area contributed by atoms with Crippen LogP contribution in [0.3, 0.4) is 0 Å². The zero-order chi connectivity index (χ0) is 18.0. The number of aryl methyl sites for hydroxylation is 1. The van der Waals surface area contributed by atoms with Crippen LogP contribution < -0.4 is 10.6 Å². The summed E-state index contributed by atoms with van der Waals surface area (Å²) in [5.41, 5.74) is 1.29. The summed E-state index contributed by atoms with van der Waals surface area (Å²) in [6.45, 7) is 3.98. The molecule has 128 valence electrons. The van der Waals surface area contributed by atoms with E-state index in [-0.39, 0.29) is 17.3 Å². The summed E-state index contributed by atoms with van der Waals surface area (Å²) < 4.78 is 19.3. The molecular weight excluding hydrogens is 323 g/mol. The highest BCUT2D eigenvalue weighted by Gasteiger charge is 2.21. The molecule has 0 unspecified atom stereocenters. The molecule has 0 aliphatic rings. The summed E-state index contributed by atoms with van der Waals surface area (Å²) in [5, 5.41) is 5.91. The Balaban J connectivity index is 1.95. The van der Waals surface area contributed by atoms with Gasteiger partial charge in [-0.15, -0.1) is 0 Å². The Hall–Kier alpha value is -3.15. The molecule has 3 rings (SSSR count). The molecule has 6 heteroatoms. The molecule has 0 bridgehead atoms. The Morgan fingerprint density at radius 3 is 2.56 bits per heavy atom. The molecule has 2 N–H and O–H groups in total. The standard InChI is InChI=1S/C19H17FN2O3/c1-3-21-18(23)13-7-4-5-10-15(13)22-19(24)16-11(2)12-8-6-9-14(20)17(12)25-16/h4-10H,3H2,1-2H3,(H,21,23)(H,22,24). The predicted molar refractivity (Wildman–Crippen MR) is 93.3 cm³/mol. The number of hydrogen-bond donors (Lipinski definition) is 2. The Morgan fingerprint density at radius 2 is 1.84 bits per heavy atom. The number of anilines is 1. The van der Waals surface area contributed by atoms with E-state index in [0.29, 0.717) is 28.7 Å². The predicted octanol–water partition coefficient (Wildman–Crippen LogP) is 3.88. The van der Waals surface area contributed by atoms with Gasteiger partial charge in [0.25, 0.3) is 11.8 Å². The maximum absolute atomic E-state index is 13.8. The van der Waals surface area contributed by atoms with Crippen molar-refractivity contribution in [3.05, 3.63) is 65.2 Å². The quantitative estimate of drug-likeness (QED) is 0.757. The van der Waals surface area contributed by atoms with Crippen LogP contribution in [0.25, 0.3) is 11.0 Å². The third-order valence-electron chi connectivity index (χ3n) is 3.88. The molecule has 1 heterocycles. The average molecular weight is 340 g/mol. The third kappa shape index (κ3) is 3.10. The Labute approximate surface area is 143 Å². The Morgan fingerprint density at radius 1 is 1.08 bits per heavy atom. The van der Waals surface area contributed by atoms with Gasteiger partial charge in [0.1, 0.15) is 0 Å². The molecule has 1 aromatic heterocycles. The molecule has 0 aliphatic heterocycles. The maximum Gasteiger partial charge on any atom is 0.291 e. The second-order valence-electron chi connectivity index (χ2n) is 5.53. The van der Waals surface area contributed by atoms with Crippen molar-refractivity contribution in [2.75, 3.05) is 11.9 Å². The van der Waals surface area contributed by atoms with Gasteiger partial charge in [0.2, 0.25) is 0 Å². The molecule has 0 atom stereocenters. The van der Waals surface area contributed by atoms with Gasteiger partial charge >= 0.3 is 0 Å². The number of halogens is 1. The first-order valence-electron chi connectivity index (χ1n) is 7.89. The van der Waals surface area contributed by atoms with E-state index >= 15 is 0 Å². The molecule has 0 saturated carbocycles. The van der Waals surface area contributed by atoms with Crippen molar-refractivity contribution < 1.29 is 18.4 Å². The summed E-state index contributed by atoms with van der Waals surface area (Å²) in [6, 6.07) is 11.2. The first-order valence-corrected chi connectivity index (χ1v) is 7.89. The lowest BCUT2D eigenvalue weighted by molar-refractivity contribution is 0.0956. The highest BCUT2D eigenvalue weighted by Crippen LogP contribution is 2.28. The van der Waals surface area contributed by atoms with Gasteiger partial charge in [-0.1, -0.05) is 24.3 Å². The van der Waals surface area contributed by atoms with Crippen molar-refractivity contribution in [3.8, 4) is 0 Å². The topological polar surface area (TPSA) is 71.3 Å². The Kier molecular flexibility index (Phi) is 4.52. The van der Waals surface area contributed by atoms with Crippen LogP contribution >= 0.6 is 0 Å². The van der Waals surface area contributed by atoms with E-state index in [9.17, 15) is 14.0 Å². The molecule has 2 aromatic carbocycles. The van der Waals surface area contributed by atoms with Crippen molar-refractivity contribution in [1.82, 2.24) is 5.32 Å². The van der Waals surface area contributed by atoms with Crippen molar-refractivity contribution >= 4 is 28.5 Å². The van der Waals surface area contributed by atoms with Gasteiger partial charge in [-0.2, -0.15) is 0 Å². The second-order valence-corrected chi connectivity index (χ2v) is 5.53. The third-order valence-corrected chi connectivity index (χ3v) is 3.88. The number of carbonyl (C=O) groups excluding carboxylic acids is 2. The molecule has 0 aliphatic carbocycles. The summed E-state index contributed by atoms with van der Waals surface area (Å²) in [4.78, 5) is 24.7. The van der Waals surface area contributed by atoms with Crippen molar-refractivity contribution in [2.24, 2.45) is 0 Å². The molecule has 0 radical (unpaired) electrons. The van der Waals surface area contributed by atoms with Gasteiger partial charge in [0.15, 0.2) is 17.2 Å². The molecule has 0 saturated heterocycles. The monoisotopic (exact) mass is 340 g/mol. The van der Waals surface area contributed by atoms with Crippen LogP contribution in [0.5, 0.6) is 0 Å². The van der Waals surface area contributed by atoms with Gasteiger partial charge in [-0.3, -0.25) is 9.59 Å². The molecule has 3 aromatic rings. The number of nitrogens with one attached hydrogen (secondary N) is 2. The lowest BCUT2D eigenvalue weighted by Gasteiger charge is -2.10. The van der Waals surface area contributed by atoms with E-state index < -0.39 is 11.7 Å². The van der Waals surface area contributed by atoms with E-state index in [1.165, 1.54) is 6.07 Å². The van der Waals surface area contributed by atoms with Crippen LogP contribution in [0.1, 0.15) is 33.4 Å². The average Bonchev–Trinajstić information content (AvgIpc) is 2.94. The first-order chi connectivity index (χ1) is 12.0. The van der Waals surface area contributed by atoms with Crippen LogP contribution in [-0.2, 0) is 0 Å². The lowest BCUT2D eigenvalue weighted by atomic mass is 10.1. The molecule has 25 heavy (non-hydrogen) atoms. The van der Waals surface area contributed by atoms with E-state index in [0.717, 1.165) is 0 Å². The highest BCUT2D eigenvalue weighted by atomic mass is 19.1. The minimum atomic E-state index is -0.537. The zero-order valence-corrected chi connectivity index (χ0v) is 13.9. The number of amides is 2. The molecule has 2 amide bonds. The summed E-state index contributed by atoms with van der Waals surface area (Å²) in [5.74, 6) is -1.33. The maximum atomic E-state index is 13.8. The van der Waals surface area contributed by atoms with E-state index in [2.05, 4.69) is 10.6 Å². The van der Waals surface area contributed by atoms with Gasteiger partial charge in [-0.25, -0.2) is 4.39 Å². The zero-order valence-electron chi connectivity index (χ0n) is 13.9. The number of fused-ring (bicyclic) bond motifs is 1. The number of carbonyl (C=O) groups is 2. The summed E-state index contributed by atoms with van der Waals surface area (Å²) in [7, 11) is 0. The first kappa shape index (κ1) is 16.7. The molecule has 0 fully saturated rings. The van der Waals surface area contributed by atoms with Crippen LogP contribution in [0.15, 0.2) is 46.9 Å². The minimum Gasteiger partial charge on any atom is -0.448 e. The number of benzene rings is 2. The minimum absolute atomic E-state index is 0.0193. The number of rotatable bonds is 4. The fourth-order valence-corrected chi connectivity index (χ4v) is 2.65. The fraction of sp³-hybridized carbons (Fsp3) is 0.158. The Bertz CT molecular complexity index is 962. The number of furan rings is 1. The van der Waals surface area contributed by atoms with Gasteiger partial charge in [0.05, 0.1) is 11.3 Å². The van der Waals surface area contributed by atoms with Crippen molar-refractivity contribution in [2.45, 2.75) is 13.8 Å². The SMILES string of the molecule is CCNC(=O)c1ccccc1NC(=O)c1oc2c(F)cccc2c1C. The van der Waals surface area contributed by atoms with Crippen molar-refractivity contribution in [1.29, 1.82) is 0 Å². The summed E-state index contributed by atoms with van der Waals surface area (Å²) in [6.07, 6.45) is 0. The molecule has 5 nitrogen and oxygen atoms in total. The summed E-state index contributed by atoms with van der Waals surface area (Å²) >= 11 is 0. The molecule has 0 spiro atoms. The van der Waals surface area contributed by atoms with Crippen molar-refractivity contribution in [3.63, 3.8) is 0 Å². The largest absolute Gasteiger partial charge is 0.448 e. The number of hydrogen-bond acceptors (Lipinski definition) is 3. The van der Waals surface area contributed by atoms with Gasteiger partial charge < -0.3 is 15.1 Å². The fourth-order valence-electron chi connectivity index (χ4n) is 2.65. The van der Waals surface area contributed by atoms with E-state index in [1.807, 2.05) is 6.92 Å². The second kappa shape index (κ2) is 6.76. The van der Waals surface area contributed by atoms with Gasteiger partial charge in [-0.05, 0) is 32.0 Å². The van der Waals surface area contributed by atoms with E-state index in [4.69, 9.17) is 4.42 Å². The molecular formula is C19H17FN2O3. The van der Waals surface area contributed by atoms with Gasteiger partial charge in [0, 0.05) is 17.5 Å². The lowest BCUT2D eigenvalue weighted by Crippen LogP contribution is -2.24.